The summed E-state index contributed by atoms with van der Waals surface area (Å²) >= 11 is 0. The third-order valence-corrected chi connectivity index (χ3v) is 7.30. The van der Waals surface area contributed by atoms with Gasteiger partial charge in [-0.3, -0.25) is 0 Å². The third kappa shape index (κ3) is 5.35. The van der Waals surface area contributed by atoms with Crippen LogP contribution in [0, 0.1) is 17.8 Å². The van der Waals surface area contributed by atoms with Crippen LogP contribution in [0.25, 0.3) is 0 Å². The van der Waals surface area contributed by atoms with Gasteiger partial charge in [0.2, 0.25) is 0 Å². The molecule has 2 fully saturated rings. The first-order valence-corrected chi connectivity index (χ1v) is 11.4. The fourth-order valence-electron chi connectivity index (χ4n) is 5.62. The molecule has 0 amide bonds. The van der Waals surface area contributed by atoms with Gasteiger partial charge in [-0.05, 0) is 86.2 Å². The zero-order valence-corrected chi connectivity index (χ0v) is 16.8. The maximum Gasteiger partial charge on any atom is -0.0162 e. The van der Waals surface area contributed by atoms with E-state index in [4.69, 9.17) is 0 Å². The van der Waals surface area contributed by atoms with Crippen molar-refractivity contribution in [1.29, 1.82) is 0 Å². The van der Waals surface area contributed by atoms with Crippen molar-refractivity contribution in [2.45, 2.75) is 103 Å². The number of unbranched alkanes of at least 4 members (excludes halogenated alkanes) is 1. The lowest BCUT2D eigenvalue weighted by Gasteiger charge is -2.38. The first-order valence-electron chi connectivity index (χ1n) is 11.4. The molecule has 0 aromatic heterocycles. The van der Waals surface area contributed by atoms with Crippen LogP contribution >= 0.6 is 0 Å². The smallest absolute Gasteiger partial charge is 0.0162 e. The molecule has 0 spiro atoms. The van der Waals surface area contributed by atoms with Gasteiger partial charge in [0.15, 0.2) is 0 Å². The molecule has 0 unspecified atom stereocenters. The van der Waals surface area contributed by atoms with Crippen LogP contribution in [0.1, 0.15) is 108 Å². The van der Waals surface area contributed by atoms with Crippen LogP contribution in [0.3, 0.4) is 0 Å². The van der Waals surface area contributed by atoms with Gasteiger partial charge < -0.3 is 0 Å². The Balaban J connectivity index is 1.44. The standard InChI is InChI=1S/C25H40/c1-3-5-7-21-10-14-23(15-11-21)25-18-16-24(17-19-25)22-12-8-20(6-4-2)9-13-22/h10-11,14-15,20,22,24-25H,3-9,12-13,16-19H2,1-2H3. The number of benzene rings is 1. The summed E-state index contributed by atoms with van der Waals surface area (Å²) in [7, 11) is 0. The highest BCUT2D eigenvalue weighted by molar-refractivity contribution is 5.26. The van der Waals surface area contributed by atoms with E-state index in [9.17, 15) is 0 Å². The first-order chi connectivity index (χ1) is 12.3. The molecule has 0 heterocycles. The lowest BCUT2D eigenvalue weighted by molar-refractivity contribution is 0.156. The van der Waals surface area contributed by atoms with Gasteiger partial charge in [0.25, 0.3) is 0 Å². The van der Waals surface area contributed by atoms with Gasteiger partial charge in [-0.15, -0.1) is 0 Å². The molecule has 1 aromatic carbocycles. The number of aryl methyl sites for hydroxylation is 1. The molecule has 0 nitrogen and oxygen atoms in total. The van der Waals surface area contributed by atoms with Crippen LogP contribution < -0.4 is 0 Å². The van der Waals surface area contributed by atoms with Crippen LogP contribution in [0.5, 0.6) is 0 Å². The van der Waals surface area contributed by atoms with Crippen molar-refractivity contribution in [3.8, 4) is 0 Å². The second kappa shape index (κ2) is 9.79. The zero-order valence-electron chi connectivity index (χ0n) is 16.8. The molecule has 1 aromatic rings. The van der Waals surface area contributed by atoms with E-state index in [-0.39, 0.29) is 0 Å². The highest BCUT2D eigenvalue weighted by atomic mass is 14.4. The first kappa shape index (κ1) is 19.0. The third-order valence-electron chi connectivity index (χ3n) is 7.30. The summed E-state index contributed by atoms with van der Waals surface area (Å²) in [5, 5.41) is 0. The molecule has 2 saturated carbocycles. The van der Waals surface area contributed by atoms with Crippen molar-refractivity contribution in [2.75, 3.05) is 0 Å². The summed E-state index contributed by atoms with van der Waals surface area (Å²) in [6.45, 7) is 4.63. The fraction of sp³-hybridized carbons (Fsp3) is 0.760. The molecule has 0 saturated heterocycles. The molecule has 3 rings (SSSR count). The monoisotopic (exact) mass is 340 g/mol. The Morgan fingerprint density at radius 3 is 1.88 bits per heavy atom. The van der Waals surface area contributed by atoms with Crippen molar-refractivity contribution < 1.29 is 0 Å². The minimum atomic E-state index is 0.841. The van der Waals surface area contributed by atoms with E-state index in [1.807, 2.05) is 0 Å². The van der Waals surface area contributed by atoms with Crippen LogP contribution in [-0.2, 0) is 6.42 Å². The highest BCUT2D eigenvalue weighted by Gasteiger charge is 2.30. The van der Waals surface area contributed by atoms with Crippen LogP contribution in [0.2, 0.25) is 0 Å². The van der Waals surface area contributed by atoms with E-state index in [1.54, 1.807) is 5.56 Å². The average Bonchev–Trinajstić information content (AvgIpc) is 2.68. The molecule has 0 bridgehead atoms. The molecule has 0 heteroatoms. The number of hydrogen-bond acceptors (Lipinski definition) is 0. The van der Waals surface area contributed by atoms with Crippen LogP contribution in [-0.4, -0.2) is 0 Å². The van der Waals surface area contributed by atoms with E-state index < -0.39 is 0 Å². The van der Waals surface area contributed by atoms with Crippen molar-refractivity contribution in [3.05, 3.63) is 35.4 Å². The van der Waals surface area contributed by atoms with E-state index in [0.717, 1.165) is 23.7 Å². The number of rotatable bonds is 7. The van der Waals surface area contributed by atoms with Crippen molar-refractivity contribution in [3.63, 3.8) is 0 Å². The number of hydrogen-bond donors (Lipinski definition) is 0. The summed E-state index contributed by atoms with van der Waals surface area (Å²) in [5.74, 6) is 4.00. The molecular formula is C25H40. The summed E-state index contributed by atoms with van der Waals surface area (Å²) in [4.78, 5) is 0. The van der Waals surface area contributed by atoms with Gasteiger partial charge in [-0.2, -0.15) is 0 Å². The zero-order chi connectivity index (χ0) is 17.5. The normalized spacial score (nSPS) is 30.3. The molecule has 2 aliphatic carbocycles. The minimum Gasteiger partial charge on any atom is -0.0654 e. The quantitative estimate of drug-likeness (QED) is 0.473. The lowest BCUT2D eigenvalue weighted by Crippen LogP contribution is -2.25. The second-order valence-electron chi connectivity index (χ2n) is 9.03. The minimum absolute atomic E-state index is 0.841. The Labute approximate surface area is 156 Å². The molecule has 0 atom stereocenters. The Morgan fingerprint density at radius 2 is 1.32 bits per heavy atom. The van der Waals surface area contributed by atoms with Crippen LogP contribution in [0.4, 0.5) is 0 Å². The Bertz CT molecular complexity index is 469. The van der Waals surface area contributed by atoms with Gasteiger partial charge in [0.05, 0.1) is 0 Å². The molecule has 0 radical (unpaired) electrons. The largest absolute Gasteiger partial charge is 0.0654 e. The summed E-state index contributed by atoms with van der Waals surface area (Å²) < 4.78 is 0. The average molecular weight is 341 g/mol. The summed E-state index contributed by atoms with van der Waals surface area (Å²) in [6, 6.07) is 9.66. The maximum absolute atomic E-state index is 2.44. The molecule has 2 aliphatic rings. The van der Waals surface area contributed by atoms with E-state index >= 15 is 0 Å². The predicted octanol–water partition coefficient (Wildman–Crippen LogP) is 7.91. The summed E-state index contributed by atoms with van der Waals surface area (Å²) in [6.07, 6.45) is 18.7. The molecular weight excluding hydrogens is 300 g/mol. The lowest BCUT2D eigenvalue weighted by atomic mass is 9.68. The second-order valence-corrected chi connectivity index (χ2v) is 9.03. The van der Waals surface area contributed by atoms with Gasteiger partial charge in [-0.1, -0.05) is 70.2 Å². The van der Waals surface area contributed by atoms with E-state index in [1.165, 1.54) is 89.0 Å². The Kier molecular flexibility index (Phi) is 7.44. The van der Waals surface area contributed by atoms with Gasteiger partial charge in [0.1, 0.15) is 0 Å². The van der Waals surface area contributed by atoms with Gasteiger partial charge in [0, 0.05) is 0 Å². The van der Waals surface area contributed by atoms with E-state index in [2.05, 4.69) is 38.1 Å². The fourth-order valence-corrected chi connectivity index (χ4v) is 5.62. The molecule has 0 aliphatic heterocycles. The van der Waals surface area contributed by atoms with E-state index in [0.29, 0.717) is 0 Å². The summed E-state index contributed by atoms with van der Waals surface area (Å²) in [5.41, 5.74) is 3.15. The predicted molar refractivity (Wildman–Crippen MR) is 110 cm³/mol. The van der Waals surface area contributed by atoms with Crippen LogP contribution in [0.15, 0.2) is 24.3 Å². The van der Waals surface area contributed by atoms with Crippen molar-refractivity contribution in [1.82, 2.24) is 0 Å². The molecule has 25 heavy (non-hydrogen) atoms. The van der Waals surface area contributed by atoms with Crippen molar-refractivity contribution >= 4 is 0 Å². The van der Waals surface area contributed by atoms with Gasteiger partial charge in [-0.25, -0.2) is 0 Å². The van der Waals surface area contributed by atoms with Crippen molar-refractivity contribution in [2.24, 2.45) is 17.8 Å². The Morgan fingerprint density at radius 1 is 0.720 bits per heavy atom. The SMILES string of the molecule is CCCCc1ccc(C2CCC(C3CCC(CCC)CC3)CC2)cc1. The topological polar surface area (TPSA) is 0 Å². The molecule has 140 valence electrons. The molecule has 0 N–H and O–H groups in total. The maximum atomic E-state index is 2.44. The highest BCUT2D eigenvalue weighted by Crippen LogP contribution is 2.44. The van der Waals surface area contributed by atoms with Gasteiger partial charge >= 0.3 is 0 Å². The Hall–Kier alpha value is -0.780.